The minimum Gasteiger partial charge on any atom is -0.495 e. The molecule has 2 unspecified atom stereocenters. The fourth-order valence-electron chi connectivity index (χ4n) is 3.18. The third-order valence-electron chi connectivity index (χ3n) is 4.90. The molecule has 168 valence electrons. The average Bonchev–Trinajstić information content (AvgIpc) is 2.76. The van der Waals surface area contributed by atoms with E-state index in [9.17, 15) is 9.36 Å². The Balaban J connectivity index is 1.88. The first-order valence-electron chi connectivity index (χ1n) is 9.82. The van der Waals surface area contributed by atoms with E-state index in [0.717, 1.165) is 5.56 Å². The van der Waals surface area contributed by atoms with Gasteiger partial charge in [-0.25, -0.2) is 4.98 Å². The standard InChI is InChI=1S/C22H25ClN5O3P/c1-4-32(3,30)13-14-9-10-19(31-2)18(11-14)27-22-25-12-16(23)21(28-22)26-17-8-6-5-7-15(17)20(24)29/h4-6,8-12,15H,1,7,13H2,2-3H3,(H2,24,29)(H2,25,26,27,28). The monoisotopic (exact) mass is 473 g/mol. The van der Waals surface area contributed by atoms with E-state index >= 15 is 0 Å². The third-order valence-corrected chi connectivity index (χ3v) is 6.94. The maximum absolute atomic E-state index is 12.5. The topological polar surface area (TPSA) is 119 Å². The first-order valence-corrected chi connectivity index (χ1v) is 12.6. The van der Waals surface area contributed by atoms with Crippen LogP contribution >= 0.6 is 18.7 Å². The summed E-state index contributed by atoms with van der Waals surface area (Å²) in [7, 11) is -0.930. The van der Waals surface area contributed by atoms with Crippen molar-refractivity contribution >= 4 is 42.1 Å². The molecule has 1 aliphatic rings. The quantitative estimate of drug-likeness (QED) is 0.444. The number of anilines is 3. The Morgan fingerprint density at radius 1 is 1.44 bits per heavy atom. The summed E-state index contributed by atoms with van der Waals surface area (Å²) >= 11 is 6.28. The lowest BCUT2D eigenvalue weighted by molar-refractivity contribution is -0.120. The molecule has 1 amide bonds. The van der Waals surface area contributed by atoms with Crippen molar-refractivity contribution in [3.8, 4) is 5.75 Å². The number of hydrogen-bond acceptors (Lipinski definition) is 7. The van der Waals surface area contributed by atoms with Crippen molar-refractivity contribution < 1.29 is 14.1 Å². The SMILES string of the molecule is C=CP(C)(=O)Cc1ccc(OC)c(Nc2ncc(Cl)c(NC3=CC=CCC3C(N)=O)n2)c1. The number of amides is 1. The van der Waals surface area contributed by atoms with Crippen molar-refractivity contribution in [2.75, 3.05) is 24.4 Å². The predicted octanol–water partition coefficient (Wildman–Crippen LogP) is 4.88. The number of methoxy groups -OCH3 is 1. The number of aromatic nitrogens is 2. The van der Waals surface area contributed by atoms with Gasteiger partial charge in [0, 0.05) is 11.9 Å². The van der Waals surface area contributed by atoms with E-state index < -0.39 is 19.0 Å². The number of nitrogens with one attached hydrogen (secondary N) is 2. The van der Waals surface area contributed by atoms with Gasteiger partial charge in [0.2, 0.25) is 11.9 Å². The molecule has 1 aromatic heterocycles. The van der Waals surface area contributed by atoms with Crippen LogP contribution in [-0.2, 0) is 15.5 Å². The molecule has 32 heavy (non-hydrogen) atoms. The van der Waals surface area contributed by atoms with Gasteiger partial charge in [-0.05, 0) is 42.7 Å². The molecule has 0 aliphatic heterocycles. The van der Waals surface area contributed by atoms with Gasteiger partial charge in [0.1, 0.15) is 17.9 Å². The van der Waals surface area contributed by atoms with E-state index in [2.05, 4.69) is 27.2 Å². The molecule has 8 nitrogen and oxygen atoms in total. The second-order valence-corrected chi connectivity index (χ2v) is 10.9. The number of nitrogens with two attached hydrogens (primary N) is 1. The third kappa shape index (κ3) is 5.78. The molecule has 2 aromatic rings. The van der Waals surface area contributed by atoms with Gasteiger partial charge in [-0.15, -0.1) is 0 Å². The fourth-order valence-corrected chi connectivity index (χ4v) is 4.37. The van der Waals surface area contributed by atoms with Crippen LogP contribution in [-0.4, -0.2) is 29.6 Å². The van der Waals surface area contributed by atoms with E-state index in [1.807, 2.05) is 24.3 Å². The highest BCUT2D eigenvalue weighted by molar-refractivity contribution is 7.65. The van der Waals surface area contributed by atoms with Crippen molar-refractivity contribution in [1.82, 2.24) is 9.97 Å². The summed E-state index contributed by atoms with van der Waals surface area (Å²) in [6.45, 7) is 5.34. The second-order valence-electron chi connectivity index (χ2n) is 7.43. The maximum Gasteiger partial charge on any atom is 0.229 e. The number of ether oxygens (including phenoxy) is 1. The van der Waals surface area contributed by atoms with Crippen molar-refractivity contribution in [2.24, 2.45) is 11.7 Å². The van der Waals surface area contributed by atoms with Gasteiger partial charge in [0.05, 0.1) is 24.9 Å². The highest BCUT2D eigenvalue weighted by Gasteiger charge is 2.22. The Kier molecular flexibility index (Phi) is 7.38. The van der Waals surface area contributed by atoms with Gasteiger partial charge in [0.25, 0.3) is 0 Å². The van der Waals surface area contributed by atoms with Crippen LogP contribution in [0.15, 0.2) is 60.7 Å². The molecule has 0 spiro atoms. The van der Waals surface area contributed by atoms with Gasteiger partial charge in [-0.3, -0.25) is 4.79 Å². The molecule has 0 bridgehead atoms. The van der Waals surface area contributed by atoms with Crippen LogP contribution in [0.3, 0.4) is 0 Å². The molecule has 2 atom stereocenters. The van der Waals surface area contributed by atoms with Gasteiger partial charge >= 0.3 is 0 Å². The Labute approximate surface area is 192 Å². The summed E-state index contributed by atoms with van der Waals surface area (Å²) in [6.07, 6.45) is 7.79. The lowest BCUT2D eigenvalue weighted by Gasteiger charge is -2.20. The van der Waals surface area contributed by atoms with E-state index in [0.29, 0.717) is 35.5 Å². The lowest BCUT2D eigenvalue weighted by atomic mass is 9.96. The largest absolute Gasteiger partial charge is 0.495 e. The number of hydrogen-bond donors (Lipinski definition) is 3. The number of rotatable bonds is 9. The molecule has 0 saturated carbocycles. The fraction of sp³-hybridized carbons (Fsp3) is 0.227. The van der Waals surface area contributed by atoms with Gasteiger partial charge < -0.3 is 25.7 Å². The van der Waals surface area contributed by atoms with Crippen LogP contribution in [0.1, 0.15) is 12.0 Å². The summed E-state index contributed by atoms with van der Waals surface area (Å²) in [6, 6.07) is 5.47. The zero-order valence-corrected chi connectivity index (χ0v) is 19.5. The van der Waals surface area contributed by atoms with Gasteiger partial charge in [-0.2, -0.15) is 4.98 Å². The van der Waals surface area contributed by atoms with E-state index in [-0.39, 0.29) is 11.0 Å². The molecular formula is C22H25ClN5O3P. The molecule has 0 saturated heterocycles. The van der Waals surface area contributed by atoms with E-state index in [1.54, 1.807) is 25.9 Å². The Bertz CT molecular complexity index is 1150. The van der Waals surface area contributed by atoms with Crippen LogP contribution in [0.5, 0.6) is 5.75 Å². The lowest BCUT2D eigenvalue weighted by Crippen LogP contribution is -2.28. The minimum absolute atomic E-state index is 0.262. The molecule has 4 N–H and O–H groups in total. The summed E-state index contributed by atoms with van der Waals surface area (Å²) < 4.78 is 17.9. The minimum atomic E-state index is -2.48. The number of allylic oxidation sites excluding steroid dienone is 3. The van der Waals surface area contributed by atoms with Crippen LogP contribution in [0, 0.1) is 5.92 Å². The number of carbonyl (C=O) groups is 1. The number of benzene rings is 1. The zero-order valence-electron chi connectivity index (χ0n) is 17.8. The van der Waals surface area contributed by atoms with E-state index in [1.165, 1.54) is 12.0 Å². The van der Waals surface area contributed by atoms with Crippen molar-refractivity contribution in [3.05, 3.63) is 71.3 Å². The Hall–Kier alpha value is -3.09. The summed E-state index contributed by atoms with van der Waals surface area (Å²) in [5.41, 5.74) is 7.58. The maximum atomic E-state index is 12.5. The van der Waals surface area contributed by atoms with Crippen LogP contribution in [0.4, 0.5) is 17.5 Å². The molecule has 0 fully saturated rings. The highest BCUT2D eigenvalue weighted by Crippen LogP contribution is 2.46. The Morgan fingerprint density at radius 3 is 2.91 bits per heavy atom. The zero-order chi connectivity index (χ0) is 23.3. The predicted molar refractivity (Wildman–Crippen MR) is 129 cm³/mol. The smallest absolute Gasteiger partial charge is 0.229 e. The summed E-state index contributed by atoms with van der Waals surface area (Å²) in [4.78, 5) is 20.4. The first kappa shape index (κ1) is 23.6. The highest BCUT2D eigenvalue weighted by atomic mass is 35.5. The summed E-state index contributed by atoms with van der Waals surface area (Å²) in [5, 5.41) is 6.50. The number of nitrogens with zero attached hydrogens (tertiary/aromatic N) is 2. The number of primary amides is 1. The number of halogens is 1. The average molecular weight is 474 g/mol. The first-order chi connectivity index (χ1) is 15.2. The second kappa shape index (κ2) is 10.0. The molecule has 1 heterocycles. The molecule has 1 aliphatic carbocycles. The van der Waals surface area contributed by atoms with Crippen molar-refractivity contribution in [2.45, 2.75) is 12.6 Å². The normalized spacial score (nSPS) is 17.1. The Morgan fingerprint density at radius 2 is 2.22 bits per heavy atom. The van der Waals surface area contributed by atoms with Gasteiger partial charge in [-0.1, -0.05) is 36.4 Å². The van der Waals surface area contributed by atoms with Crippen LogP contribution < -0.4 is 21.1 Å². The van der Waals surface area contributed by atoms with Crippen LogP contribution in [0.2, 0.25) is 5.02 Å². The molecular weight excluding hydrogens is 449 g/mol. The molecule has 0 radical (unpaired) electrons. The molecule has 10 heteroatoms. The van der Waals surface area contributed by atoms with Crippen molar-refractivity contribution in [3.63, 3.8) is 0 Å². The summed E-state index contributed by atoms with van der Waals surface area (Å²) in [5.74, 6) is 1.73. The van der Waals surface area contributed by atoms with Crippen molar-refractivity contribution in [1.29, 1.82) is 0 Å². The molecule has 3 rings (SSSR count). The molecule has 1 aromatic carbocycles. The van der Waals surface area contributed by atoms with Gasteiger partial charge in [0.15, 0.2) is 5.82 Å². The van der Waals surface area contributed by atoms with E-state index in [4.69, 9.17) is 22.1 Å². The van der Waals surface area contributed by atoms with Crippen LogP contribution in [0.25, 0.3) is 0 Å². The number of carbonyl (C=O) groups excluding carboxylic acids is 1.